The van der Waals surface area contributed by atoms with Crippen LogP contribution in [0.2, 0.25) is 0 Å². The third-order valence-electron chi connectivity index (χ3n) is 0.697. The van der Waals surface area contributed by atoms with Gasteiger partial charge in [0.2, 0.25) is 0 Å². The van der Waals surface area contributed by atoms with Crippen LogP contribution < -0.4 is 10.2 Å². The molecule has 14 heavy (non-hydrogen) atoms. The van der Waals surface area contributed by atoms with Gasteiger partial charge in [-0.2, -0.15) is 0 Å². The zero-order chi connectivity index (χ0) is 12.3. The van der Waals surface area contributed by atoms with Crippen molar-refractivity contribution >= 4 is 11.9 Å². The summed E-state index contributed by atoms with van der Waals surface area (Å²) >= 11 is 0. The van der Waals surface area contributed by atoms with Crippen molar-refractivity contribution in [3.63, 3.8) is 0 Å². The van der Waals surface area contributed by atoms with Gasteiger partial charge < -0.3 is 19.8 Å². The van der Waals surface area contributed by atoms with Gasteiger partial charge in [-0.25, -0.2) is 0 Å². The summed E-state index contributed by atoms with van der Waals surface area (Å²) in [7, 11) is 0. The van der Waals surface area contributed by atoms with Crippen LogP contribution >= 0.6 is 0 Å². The van der Waals surface area contributed by atoms with Crippen molar-refractivity contribution in [1.29, 1.82) is 0 Å². The van der Waals surface area contributed by atoms with Crippen LogP contribution in [-0.4, -0.2) is 11.9 Å². The Labute approximate surface area is 84.6 Å². The summed E-state index contributed by atoms with van der Waals surface area (Å²) in [5.74, 6) is -2.37. The van der Waals surface area contributed by atoms with Crippen LogP contribution in [0.4, 0.5) is 0 Å². The van der Waals surface area contributed by atoms with Gasteiger partial charge >= 0.3 is 0 Å². The van der Waals surface area contributed by atoms with E-state index >= 15 is 0 Å². The van der Waals surface area contributed by atoms with Crippen LogP contribution in [0.15, 0.2) is 24.3 Å². The smallest absolute Gasteiger partial charge is 0.0666 e. The predicted octanol–water partition coefficient (Wildman–Crippen LogP) is -0.349. The van der Waals surface area contributed by atoms with Crippen molar-refractivity contribution < 1.29 is 19.8 Å². The maximum atomic E-state index is 9.49. The molecule has 0 atom stereocenters. The zero-order valence-electron chi connectivity index (χ0n) is 9.05. The Kier molecular flexibility index (Phi) is 14.9. The first kappa shape index (κ1) is 18.3. The first-order chi connectivity index (χ1) is 6.29. The van der Waals surface area contributed by atoms with Crippen LogP contribution in [0, 0.1) is 0 Å². The number of carboxylic acid groups (broad SMARTS) is 2. The molecule has 0 radical (unpaired) electrons. The Hall–Kier alpha value is -1.58. The molecule has 0 fully saturated rings. The van der Waals surface area contributed by atoms with Gasteiger partial charge in [0, 0.05) is 0 Å². The molecule has 0 aliphatic carbocycles. The number of aliphatic carboxylic acids is 2. The summed E-state index contributed by atoms with van der Waals surface area (Å²) in [5, 5.41) is 19.0. The topological polar surface area (TPSA) is 80.3 Å². The quantitative estimate of drug-likeness (QED) is 0.571. The number of hydrogen-bond acceptors (Lipinski definition) is 4. The largest absolute Gasteiger partial charge is 0.545 e. The Morgan fingerprint density at radius 2 is 0.929 bits per heavy atom. The van der Waals surface area contributed by atoms with Crippen molar-refractivity contribution in [1.82, 2.24) is 0 Å². The second-order valence-corrected chi connectivity index (χ2v) is 2.14. The molecule has 0 rings (SSSR count). The maximum absolute atomic E-state index is 9.49. The molecule has 0 bridgehead atoms. The highest BCUT2D eigenvalue weighted by Crippen LogP contribution is 1.77. The second-order valence-electron chi connectivity index (χ2n) is 2.14. The fourth-order valence-corrected chi connectivity index (χ4v) is 0. The van der Waals surface area contributed by atoms with Crippen LogP contribution in [0.3, 0.4) is 0 Å². The lowest BCUT2D eigenvalue weighted by molar-refractivity contribution is -0.300. The summed E-state index contributed by atoms with van der Waals surface area (Å²) in [6, 6.07) is 0. The molecule has 0 aromatic carbocycles. The molecule has 4 nitrogen and oxygen atoms in total. The normalized spacial score (nSPS) is 6.86. The molecule has 0 saturated carbocycles. The molecule has 0 spiro atoms. The molecule has 4 heteroatoms. The van der Waals surface area contributed by atoms with Gasteiger partial charge in [0.25, 0.3) is 0 Å². The van der Waals surface area contributed by atoms with Crippen LogP contribution in [-0.2, 0) is 9.59 Å². The molecule has 0 aromatic rings. The third kappa shape index (κ3) is 22.4. The number of carboxylic acids is 2. The summed E-state index contributed by atoms with van der Waals surface area (Å²) in [6.07, 6.45) is 0. The predicted molar refractivity (Wildman–Crippen MR) is 51.0 cm³/mol. The van der Waals surface area contributed by atoms with E-state index in [0.717, 1.165) is 0 Å². The van der Waals surface area contributed by atoms with Crippen LogP contribution in [0.5, 0.6) is 0 Å². The van der Waals surface area contributed by atoms with Crippen LogP contribution in [0.25, 0.3) is 0 Å². The molecular weight excluding hydrogens is 184 g/mol. The Bertz CT molecular complexity index is 168. The molecule has 0 heterocycles. The molecule has 0 aliphatic heterocycles. The van der Waals surface area contributed by atoms with E-state index in [1.807, 2.05) is 13.8 Å². The molecule has 0 N–H and O–H groups in total. The lowest BCUT2D eigenvalue weighted by atomic mass is 10.4. The van der Waals surface area contributed by atoms with E-state index in [4.69, 9.17) is 0 Å². The van der Waals surface area contributed by atoms with Crippen LogP contribution in [0.1, 0.15) is 27.7 Å². The first-order valence-electron chi connectivity index (χ1n) is 4.02. The van der Waals surface area contributed by atoms with E-state index < -0.39 is 11.9 Å². The lowest BCUT2D eigenvalue weighted by Crippen LogP contribution is -2.22. The van der Waals surface area contributed by atoms with E-state index in [1.165, 1.54) is 13.8 Å². The minimum absolute atomic E-state index is 0.0648. The van der Waals surface area contributed by atoms with E-state index in [9.17, 15) is 19.8 Å². The summed E-state index contributed by atoms with van der Waals surface area (Å²) in [6.45, 7) is 13.0. The minimum Gasteiger partial charge on any atom is -0.545 e. The molecule has 0 aromatic heterocycles. The van der Waals surface area contributed by atoms with E-state index in [-0.39, 0.29) is 11.1 Å². The monoisotopic (exact) mass is 200 g/mol. The minimum atomic E-state index is -1.19. The molecule has 82 valence electrons. The third-order valence-corrected chi connectivity index (χ3v) is 0.697. The number of carbonyl (C=O) groups excluding carboxylic acids is 2. The Morgan fingerprint density at radius 1 is 0.857 bits per heavy atom. The molecule has 0 saturated heterocycles. The van der Waals surface area contributed by atoms with Crippen molar-refractivity contribution in [2.24, 2.45) is 0 Å². The Balaban J connectivity index is -0.000000147. The highest BCUT2D eigenvalue weighted by molar-refractivity contribution is 5.83. The van der Waals surface area contributed by atoms with Gasteiger partial charge in [-0.1, -0.05) is 27.0 Å². The molecule has 0 unspecified atom stereocenters. The van der Waals surface area contributed by atoms with Crippen molar-refractivity contribution in [3.8, 4) is 0 Å². The average Bonchev–Trinajstić information content (AvgIpc) is 2.08. The van der Waals surface area contributed by atoms with Crippen molar-refractivity contribution in [3.05, 3.63) is 24.3 Å². The van der Waals surface area contributed by atoms with Crippen molar-refractivity contribution in [2.45, 2.75) is 27.7 Å². The average molecular weight is 200 g/mol. The number of hydrogen-bond donors (Lipinski definition) is 0. The summed E-state index contributed by atoms with van der Waals surface area (Å²) < 4.78 is 0. The molecular formula is C10H16O4-2. The van der Waals surface area contributed by atoms with E-state index in [1.54, 1.807) is 0 Å². The SMILES string of the molecule is C=C(C)C(=O)[O-].C=C(C)C(=O)[O-].CC. The van der Waals surface area contributed by atoms with Gasteiger partial charge in [0.05, 0.1) is 11.9 Å². The molecule has 0 aliphatic rings. The van der Waals surface area contributed by atoms with Gasteiger partial charge in [0.1, 0.15) is 0 Å². The summed E-state index contributed by atoms with van der Waals surface area (Å²) in [4.78, 5) is 19.0. The highest BCUT2D eigenvalue weighted by atomic mass is 16.4. The standard InChI is InChI=1S/2C4H6O2.C2H6/c2*1-3(2)4(5)6;1-2/h2*1H2,2H3,(H,5,6);1-2H3/p-2. The van der Waals surface area contributed by atoms with Gasteiger partial charge in [-0.05, 0) is 25.0 Å². The highest BCUT2D eigenvalue weighted by Gasteiger charge is 1.76. The second kappa shape index (κ2) is 11.4. The number of carbonyl (C=O) groups is 2. The molecule has 0 amide bonds. The van der Waals surface area contributed by atoms with E-state index in [0.29, 0.717) is 0 Å². The Morgan fingerprint density at radius 3 is 0.929 bits per heavy atom. The fraction of sp³-hybridized carbons (Fsp3) is 0.400. The lowest BCUT2D eigenvalue weighted by Gasteiger charge is -1.93. The van der Waals surface area contributed by atoms with E-state index in [2.05, 4.69) is 13.2 Å². The van der Waals surface area contributed by atoms with Gasteiger partial charge in [0.15, 0.2) is 0 Å². The maximum Gasteiger partial charge on any atom is 0.0666 e. The zero-order valence-corrected chi connectivity index (χ0v) is 9.05. The number of rotatable bonds is 2. The van der Waals surface area contributed by atoms with Gasteiger partial charge in [-0.15, -0.1) is 0 Å². The summed E-state index contributed by atoms with van der Waals surface area (Å²) in [5.41, 5.74) is 0.130. The first-order valence-corrected chi connectivity index (χ1v) is 4.02. The van der Waals surface area contributed by atoms with Crippen molar-refractivity contribution in [2.75, 3.05) is 0 Å². The van der Waals surface area contributed by atoms with Gasteiger partial charge in [-0.3, -0.25) is 0 Å². The fourth-order valence-electron chi connectivity index (χ4n) is 0.